The first-order chi connectivity index (χ1) is 13.1. The highest BCUT2D eigenvalue weighted by molar-refractivity contribution is 5.97. The number of carbonyl (C=O) groups is 1. The molecule has 0 bridgehead atoms. The smallest absolute Gasteiger partial charge is 0.257 e. The number of β-amino-alcohol motifs (C(OH)–C–C–N with tert-alkyl or cyclic N) is 1. The van der Waals surface area contributed by atoms with Crippen molar-refractivity contribution < 1.29 is 19.0 Å². The second kappa shape index (κ2) is 7.66. The van der Waals surface area contributed by atoms with Gasteiger partial charge in [-0.25, -0.2) is 4.39 Å². The molecule has 0 radical (unpaired) electrons. The first kappa shape index (κ1) is 17.9. The molecule has 0 aromatic heterocycles. The number of hydrogen-bond donors (Lipinski definition) is 1. The fraction of sp³-hybridized carbons (Fsp3) is 0.381. The fourth-order valence-corrected chi connectivity index (χ4v) is 3.82. The lowest BCUT2D eigenvalue weighted by Gasteiger charge is -2.32. The molecule has 1 amide bonds. The molecule has 4 rings (SSSR count). The number of nitrogens with zero attached hydrogens (tertiary/aromatic N) is 2. The highest BCUT2D eigenvalue weighted by atomic mass is 19.1. The van der Waals surface area contributed by atoms with Crippen LogP contribution in [0.3, 0.4) is 0 Å². The maximum absolute atomic E-state index is 13.4. The number of aliphatic hydroxyl groups excluding tert-OH is 1. The molecule has 0 saturated carbocycles. The number of aliphatic hydroxyl groups is 1. The van der Waals surface area contributed by atoms with Crippen molar-refractivity contribution in [3.63, 3.8) is 0 Å². The summed E-state index contributed by atoms with van der Waals surface area (Å²) in [6.07, 6.45) is 0.319. The Bertz CT molecular complexity index is 842. The summed E-state index contributed by atoms with van der Waals surface area (Å²) in [6, 6.07) is 12.3. The van der Waals surface area contributed by atoms with Gasteiger partial charge >= 0.3 is 0 Å². The van der Waals surface area contributed by atoms with E-state index < -0.39 is 11.9 Å². The summed E-state index contributed by atoms with van der Waals surface area (Å²) < 4.78 is 18.9. The lowest BCUT2D eigenvalue weighted by molar-refractivity contribution is 0.0501. The first-order valence-corrected chi connectivity index (χ1v) is 9.29. The number of amides is 1. The quantitative estimate of drug-likeness (QED) is 0.895. The molecule has 5 nitrogen and oxygen atoms in total. The molecule has 2 aliphatic heterocycles. The third-order valence-corrected chi connectivity index (χ3v) is 5.19. The summed E-state index contributed by atoms with van der Waals surface area (Å²) in [5.74, 6) is -0.393. The van der Waals surface area contributed by atoms with Crippen molar-refractivity contribution >= 4 is 5.91 Å². The lowest BCUT2D eigenvalue weighted by Crippen LogP contribution is -2.44. The Morgan fingerprint density at radius 2 is 1.93 bits per heavy atom. The third kappa shape index (κ3) is 3.96. The van der Waals surface area contributed by atoms with Crippen molar-refractivity contribution in [3.8, 4) is 5.75 Å². The molecule has 1 N–H and O–H groups in total. The molecule has 142 valence electrons. The molecule has 0 saturated heterocycles. The Hall–Kier alpha value is -2.44. The second-order valence-electron chi connectivity index (χ2n) is 7.15. The molecule has 0 spiro atoms. The van der Waals surface area contributed by atoms with E-state index in [1.165, 1.54) is 29.3 Å². The molecule has 0 fully saturated rings. The van der Waals surface area contributed by atoms with Crippen molar-refractivity contribution in [1.82, 2.24) is 9.80 Å². The van der Waals surface area contributed by atoms with Crippen LogP contribution < -0.4 is 4.74 Å². The largest absolute Gasteiger partial charge is 0.491 e. The Morgan fingerprint density at radius 3 is 2.78 bits per heavy atom. The number of fused-ring (bicyclic) bond motifs is 2. The van der Waals surface area contributed by atoms with E-state index in [0.29, 0.717) is 18.7 Å². The number of benzene rings is 2. The molecule has 2 aliphatic rings. The minimum atomic E-state index is -0.652. The van der Waals surface area contributed by atoms with Gasteiger partial charge in [0.1, 0.15) is 18.2 Å². The van der Waals surface area contributed by atoms with E-state index in [0.717, 1.165) is 19.5 Å². The zero-order valence-electron chi connectivity index (χ0n) is 15.1. The zero-order chi connectivity index (χ0) is 18.8. The highest BCUT2D eigenvalue weighted by Gasteiger charge is 2.27. The minimum Gasteiger partial charge on any atom is -0.491 e. The van der Waals surface area contributed by atoms with E-state index in [4.69, 9.17) is 4.74 Å². The van der Waals surface area contributed by atoms with Gasteiger partial charge in [-0.2, -0.15) is 0 Å². The first-order valence-electron chi connectivity index (χ1n) is 9.29. The van der Waals surface area contributed by atoms with Crippen LogP contribution in [0.25, 0.3) is 0 Å². The SMILES string of the molecule is O=C1c2ccc(F)cc2OCCN1CC(O)CN1CCc2ccccc2C1. The number of carbonyl (C=O) groups excluding carboxylic acids is 1. The van der Waals surface area contributed by atoms with Gasteiger partial charge in [0.05, 0.1) is 18.2 Å². The average molecular weight is 370 g/mol. The maximum Gasteiger partial charge on any atom is 0.257 e. The number of halogens is 1. The van der Waals surface area contributed by atoms with Gasteiger partial charge in [0.2, 0.25) is 0 Å². The molecule has 2 aromatic carbocycles. The Kier molecular flexibility index (Phi) is 5.09. The van der Waals surface area contributed by atoms with Crippen LogP contribution in [0.2, 0.25) is 0 Å². The lowest BCUT2D eigenvalue weighted by atomic mass is 10.00. The number of hydrogen-bond acceptors (Lipinski definition) is 4. The van der Waals surface area contributed by atoms with E-state index in [-0.39, 0.29) is 24.8 Å². The minimum absolute atomic E-state index is 0.231. The zero-order valence-corrected chi connectivity index (χ0v) is 15.1. The molecule has 2 heterocycles. The molecule has 6 heteroatoms. The Balaban J connectivity index is 1.39. The molecule has 0 aliphatic carbocycles. The average Bonchev–Trinajstić information content (AvgIpc) is 2.80. The van der Waals surface area contributed by atoms with E-state index in [9.17, 15) is 14.3 Å². The van der Waals surface area contributed by atoms with Gasteiger partial charge in [0.25, 0.3) is 5.91 Å². The van der Waals surface area contributed by atoms with Crippen LogP contribution in [0.4, 0.5) is 4.39 Å². The number of rotatable bonds is 4. The molecule has 2 aromatic rings. The molecular formula is C21H23FN2O3. The fourth-order valence-electron chi connectivity index (χ4n) is 3.82. The molecule has 1 unspecified atom stereocenters. The summed E-state index contributed by atoms with van der Waals surface area (Å²) in [6.45, 7) is 3.10. The van der Waals surface area contributed by atoms with Crippen molar-refractivity contribution in [2.45, 2.75) is 19.1 Å². The van der Waals surface area contributed by atoms with Crippen LogP contribution >= 0.6 is 0 Å². The Labute approximate surface area is 158 Å². The van der Waals surface area contributed by atoms with Crippen molar-refractivity contribution in [2.24, 2.45) is 0 Å². The van der Waals surface area contributed by atoms with Gasteiger partial charge in [0, 0.05) is 32.2 Å². The van der Waals surface area contributed by atoms with Gasteiger partial charge in [0.15, 0.2) is 0 Å². The predicted molar refractivity (Wildman–Crippen MR) is 99.2 cm³/mol. The van der Waals surface area contributed by atoms with Crippen molar-refractivity contribution in [2.75, 3.05) is 32.8 Å². The summed E-state index contributed by atoms with van der Waals surface area (Å²) in [4.78, 5) is 16.5. The van der Waals surface area contributed by atoms with Crippen LogP contribution in [0.5, 0.6) is 5.75 Å². The monoisotopic (exact) mass is 370 g/mol. The standard InChI is InChI=1S/C21H23FN2O3/c22-17-5-6-19-20(11-17)27-10-9-24(21(19)26)14-18(25)13-23-8-7-15-3-1-2-4-16(15)12-23/h1-6,11,18,25H,7-10,12-14H2. The summed E-state index contributed by atoms with van der Waals surface area (Å²) in [7, 11) is 0. The second-order valence-corrected chi connectivity index (χ2v) is 7.15. The predicted octanol–water partition coefficient (Wildman–Crippen LogP) is 2.08. The van der Waals surface area contributed by atoms with E-state index >= 15 is 0 Å². The topological polar surface area (TPSA) is 53.0 Å². The molecule has 1 atom stereocenters. The van der Waals surface area contributed by atoms with Crippen LogP contribution in [-0.2, 0) is 13.0 Å². The maximum atomic E-state index is 13.4. The van der Waals surface area contributed by atoms with Crippen LogP contribution in [0, 0.1) is 5.82 Å². The van der Waals surface area contributed by atoms with E-state index in [2.05, 4.69) is 23.1 Å². The summed E-state index contributed by atoms with van der Waals surface area (Å²) in [5, 5.41) is 10.6. The van der Waals surface area contributed by atoms with Crippen LogP contribution in [0.1, 0.15) is 21.5 Å². The number of ether oxygens (including phenoxy) is 1. The van der Waals surface area contributed by atoms with Gasteiger partial charge in [-0.3, -0.25) is 9.69 Å². The van der Waals surface area contributed by atoms with Crippen molar-refractivity contribution in [1.29, 1.82) is 0 Å². The Morgan fingerprint density at radius 1 is 1.11 bits per heavy atom. The molecular weight excluding hydrogens is 347 g/mol. The summed E-state index contributed by atoms with van der Waals surface area (Å²) in [5.41, 5.74) is 3.01. The summed E-state index contributed by atoms with van der Waals surface area (Å²) >= 11 is 0. The van der Waals surface area contributed by atoms with Gasteiger partial charge in [-0.1, -0.05) is 24.3 Å². The van der Waals surface area contributed by atoms with E-state index in [1.54, 1.807) is 4.90 Å². The van der Waals surface area contributed by atoms with Gasteiger partial charge in [-0.15, -0.1) is 0 Å². The third-order valence-electron chi connectivity index (χ3n) is 5.19. The van der Waals surface area contributed by atoms with Crippen LogP contribution in [0.15, 0.2) is 42.5 Å². The van der Waals surface area contributed by atoms with Crippen LogP contribution in [-0.4, -0.2) is 59.7 Å². The highest BCUT2D eigenvalue weighted by Crippen LogP contribution is 2.24. The molecule has 27 heavy (non-hydrogen) atoms. The normalized spacial score (nSPS) is 18.3. The van der Waals surface area contributed by atoms with Gasteiger partial charge in [-0.05, 0) is 29.7 Å². The van der Waals surface area contributed by atoms with Gasteiger partial charge < -0.3 is 14.7 Å². The van der Waals surface area contributed by atoms with E-state index in [1.807, 2.05) is 6.07 Å². The van der Waals surface area contributed by atoms with Crippen molar-refractivity contribution in [3.05, 3.63) is 65.0 Å².